The van der Waals surface area contributed by atoms with Crippen LogP contribution >= 0.6 is 36.8 Å². The van der Waals surface area contributed by atoms with E-state index in [0.29, 0.717) is 5.56 Å². The number of hydrogen-bond acceptors (Lipinski definition) is 5. The highest BCUT2D eigenvalue weighted by Gasteiger charge is 1.97. The SMILES string of the molecule is O=Cc1cccc(/N=c2/ssnc2Br)c1. The topological polar surface area (TPSA) is 42.3 Å². The van der Waals surface area contributed by atoms with E-state index in [1.807, 2.05) is 6.07 Å². The molecule has 0 atom stereocenters. The molecule has 2 aromatic rings. The van der Waals surface area contributed by atoms with Crippen molar-refractivity contribution in [3.8, 4) is 0 Å². The smallest absolute Gasteiger partial charge is 0.162 e. The van der Waals surface area contributed by atoms with Gasteiger partial charge in [-0.15, -0.1) is 0 Å². The molecule has 0 radical (unpaired) electrons. The van der Waals surface area contributed by atoms with Crippen molar-refractivity contribution in [2.45, 2.75) is 0 Å². The van der Waals surface area contributed by atoms with E-state index in [9.17, 15) is 4.79 Å². The lowest BCUT2D eigenvalue weighted by atomic mass is 10.2. The van der Waals surface area contributed by atoms with Crippen LogP contribution in [-0.2, 0) is 0 Å². The summed E-state index contributed by atoms with van der Waals surface area (Å²) in [7, 11) is 2.86. The Labute approximate surface area is 102 Å². The normalized spacial score (nSPS) is 11.7. The highest BCUT2D eigenvalue weighted by Crippen LogP contribution is 2.14. The zero-order valence-electron chi connectivity index (χ0n) is 7.38. The third-order valence-corrected chi connectivity index (χ3v) is 4.39. The third kappa shape index (κ3) is 2.58. The molecule has 3 nitrogen and oxygen atoms in total. The Hall–Kier alpha value is -0.850. The first-order valence-corrected chi connectivity index (χ1v) is 6.91. The summed E-state index contributed by atoms with van der Waals surface area (Å²) in [6.07, 6.45) is 0.809. The van der Waals surface area contributed by atoms with Crippen molar-refractivity contribution in [3.63, 3.8) is 0 Å². The van der Waals surface area contributed by atoms with Crippen LogP contribution in [0.3, 0.4) is 0 Å². The molecule has 0 saturated heterocycles. The number of carbonyl (C=O) groups is 1. The number of carbonyl (C=O) groups excluding carboxylic acids is 1. The predicted molar refractivity (Wildman–Crippen MR) is 64.7 cm³/mol. The fraction of sp³-hybridized carbons (Fsp3) is 0. The lowest BCUT2D eigenvalue weighted by molar-refractivity contribution is 0.112. The van der Waals surface area contributed by atoms with E-state index in [0.717, 1.165) is 21.2 Å². The molecular weight excluding hydrogens is 296 g/mol. The van der Waals surface area contributed by atoms with E-state index in [1.54, 1.807) is 18.2 Å². The number of rotatable bonds is 2. The zero-order chi connectivity index (χ0) is 10.7. The van der Waals surface area contributed by atoms with Crippen LogP contribution in [0.15, 0.2) is 33.9 Å². The van der Waals surface area contributed by atoms with Gasteiger partial charge in [-0.05, 0) is 38.4 Å². The van der Waals surface area contributed by atoms with Gasteiger partial charge in [0.2, 0.25) is 0 Å². The molecule has 0 bridgehead atoms. The molecule has 2 rings (SSSR count). The molecule has 0 aliphatic rings. The average molecular weight is 301 g/mol. The molecule has 6 heteroatoms. The molecule has 0 unspecified atom stereocenters. The Balaban J connectivity index is 2.48. The van der Waals surface area contributed by atoms with Gasteiger partial charge < -0.3 is 0 Å². The van der Waals surface area contributed by atoms with Gasteiger partial charge in [0.25, 0.3) is 0 Å². The molecule has 76 valence electrons. The van der Waals surface area contributed by atoms with Gasteiger partial charge in [0.05, 0.1) is 5.69 Å². The average Bonchev–Trinajstić information content (AvgIpc) is 2.65. The Morgan fingerprint density at radius 1 is 1.47 bits per heavy atom. The molecule has 0 amide bonds. The summed E-state index contributed by atoms with van der Waals surface area (Å²) in [4.78, 5) is 14.9. The van der Waals surface area contributed by atoms with Crippen LogP contribution < -0.4 is 4.67 Å². The van der Waals surface area contributed by atoms with Crippen molar-refractivity contribution < 1.29 is 4.79 Å². The minimum Gasteiger partial charge on any atom is -0.298 e. The second-order valence-electron chi connectivity index (χ2n) is 2.67. The van der Waals surface area contributed by atoms with Crippen molar-refractivity contribution in [3.05, 3.63) is 39.1 Å². The Kier molecular flexibility index (Phi) is 3.40. The van der Waals surface area contributed by atoms with E-state index >= 15 is 0 Å². The van der Waals surface area contributed by atoms with Gasteiger partial charge in [-0.1, -0.05) is 12.1 Å². The highest BCUT2D eigenvalue weighted by atomic mass is 79.9. The summed E-state index contributed by atoms with van der Waals surface area (Å²) in [6.45, 7) is 0. The molecule has 0 saturated carbocycles. The fourth-order valence-electron chi connectivity index (χ4n) is 1.01. The summed E-state index contributed by atoms with van der Waals surface area (Å²) in [5.74, 6) is 0. The van der Waals surface area contributed by atoms with Crippen LogP contribution in [-0.4, -0.2) is 10.7 Å². The number of aldehydes is 1. The van der Waals surface area contributed by atoms with Gasteiger partial charge in [-0.25, -0.2) is 4.99 Å². The highest BCUT2D eigenvalue weighted by molar-refractivity contribution is 9.10. The molecule has 1 aromatic carbocycles. The van der Waals surface area contributed by atoms with Crippen LogP contribution in [0.25, 0.3) is 0 Å². The van der Waals surface area contributed by atoms with Crippen LogP contribution in [0.2, 0.25) is 0 Å². The quantitative estimate of drug-likeness (QED) is 0.632. The van der Waals surface area contributed by atoms with E-state index < -0.39 is 0 Å². The number of benzene rings is 1. The monoisotopic (exact) mass is 300 g/mol. The van der Waals surface area contributed by atoms with Gasteiger partial charge in [0.1, 0.15) is 6.29 Å². The van der Waals surface area contributed by atoms with E-state index in [1.165, 1.54) is 20.9 Å². The lowest BCUT2D eigenvalue weighted by Crippen LogP contribution is -1.93. The van der Waals surface area contributed by atoms with Crippen LogP contribution in [0.1, 0.15) is 10.4 Å². The second kappa shape index (κ2) is 4.78. The number of halogens is 1. The first kappa shape index (κ1) is 10.7. The summed E-state index contributed by atoms with van der Waals surface area (Å²) in [5, 5.41) is 0. The lowest BCUT2D eigenvalue weighted by Gasteiger charge is -1.92. The van der Waals surface area contributed by atoms with Gasteiger partial charge in [0, 0.05) is 16.1 Å². The molecule has 0 fully saturated rings. The van der Waals surface area contributed by atoms with Crippen LogP contribution in [0, 0.1) is 0 Å². The molecular formula is C9H5BrN2OS2. The predicted octanol–water partition coefficient (Wildman–Crippen LogP) is 3.01. The van der Waals surface area contributed by atoms with E-state index in [4.69, 9.17) is 0 Å². The summed E-state index contributed by atoms with van der Waals surface area (Å²) in [5.41, 5.74) is 1.39. The zero-order valence-corrected chi connectivity index (χ0v) is 10.6. The minimum atomic E-state index is 0.626. The van der Waals surface area contributed by atoms with Gasteiger partial charge in [-0.2, -0.15) is 4.37 Å². The van der Waals surface area contributed by atoms with Gasteiger partial charge in [0.15, 0.2) is 9.27 Å². The molecule has 15 heavy (non-hydrogen) atoms. The first-order valence-electron chi connectivity index (χ1n) is 4.01. The van der Waals surface area contributed by atoms with Crippen molar-refractivity contribution in [2.75, 3.05) is 0 Å². The van der Waals surface area contributed by atoms with Crippen LogP contribution in [0.5, 0.6) is 0 Å². The number of hydrogen-bond donors (Lipinski definition) is 0. The Bertz CT molecular complexity index is 547. The summed E-state index contributed by atoms with van der Waals surface area (Å²) >= 11 is 3.31. The molecule has 0 aliphatic carbocycles. The minimum absolute atomic E-state index is 0.626. The molecule has 0 aliphatic heterocycles. The molecule has 0 spiro atoms. The van der Waals surface area contributed by atoms with Gasteiger partial charge >= 0.3 is 0 Å². The first-order chi connectivity index (χ1) is 7.29. The number of aromatic nitrogens is 1. The van der Waals surface area contributed by atoms with Gasteiger partial charge in [-0.3, -0.25) is 4.79 Å². The molecule has 1 aromatic heterocycles. The standard InChI is InChI=1S/C9H5BrN2OS2/c10-8-9(14-15-12-8)11-7-3-1-2-6(4-7)5-13/h1-5H/b11-9+. The van der Waals surface area contributed by atoms with Crippen molar-refractivity contribution in [2.24, 2.45) is 4.99 Å². The summed E-state index contributed by atoms with van der Waals surface area (Å²) < 4.78 is 5.64. The van der Waals surface area contributed by atoms with Crippen molar-refractivity contribution in [1.82, 2.24) is 4.37 Å². The Morgan fingerprint density at radius 3 is 3.00 bits per heavy atom. The van der Waals surface area contributed by atoms with Crippen molar-refractivity contribution in [1.29, 1.82) is 0 Å². The maximum atomic E-state index is 10.6. The fourth-order valence-corrected chi connectivity index (χ4v) is 3.64. The molecule has 1 heterocycles. The summed E-state index contributed by atoms with van der Waals surface area (Å²) in [6, 6.07) is 7.14. The third-order valence-electron chi connectivity index (χ3n) is 1.65. The van der Waals surface area contributed by atoms with E-state index in [2.05, 4.69) is 25.3 Å². The maximum Gasteiger partial charge on any atom is 0.162 e. The van der Waals surface area contributed by atoms with E-state index in [-0.39, 0.29) is 0 Å². The van der Waals surface area contributed by atoms with Crippen LogP contribution in [0.4, 0.5) is 5.69 Å². The number of nitrogens with zero attached hydrogens (tertiary/aromatic N) is 2. The van der Waals surface area contributed by atoms with Crippen molar-refractivity contribution >= 4 is 48.8 Å². The second-order valence-corrected chi connectivity index (χ2v) is 5.25. The molecule has 0 N–H and O–H groups in total. The Morgan fingerprint density at radius 2 is 2.33 bits per heavy atom. The largest absolute Gasteiger partial charge is 0.298 e. The maximum absolute atomic E-state index is 10.6.